The van der Waals surface area contributed by atoms with Gasteiger partial charge >= 0.3 is 0 Å². The van der Waals surface area contributed by atoms with E-state index in [1.807, 2.05) is 6.26 Å². The Balaban J connectivity index is 2.69. The van der Waals surface area contributed by atoms with E-state index in [1.165, 1.54) is 0 Å². The first kappa shape index (κ1) is 14.0. The third-order valence-electron chi connectivity index (χ3n) is 2.36. The maximum atomic E-state index is 11.8. The molecule has 1 amide bonds. The van der Waals surface area contributed by atoms with E-state index < -0.39 is 0 Å². The summed E-state index contributed by atoms with van der Waals surface area (Å²) in [5, 5.41) is 3.27. The predicted octanol–water partition coefficient (Wildman–Crippen LogP) is 1.80. The van der Waals surface area contributed by atoms with E-state index in [4.69, 9.17) is 18.0 Å². The number of nitrogens with two attached hydrogens (primary N) is 1. The molecular formula is C12H16N2OS2. The fourth-order valence-corrected chi connectivity index (χ4v) is 1.61. The Hall–Kier alpha value is -1.07. The Morgan fingerprint density at radius 3 is 2.76 bits per heavy atom. The molecule has 0 aliphatic rings. The average molecular weight is 268 g/mol. The molecule has 0 spiro atoms. The molecular weight excluding hydrogens is 252 g/mol. The van der Waals surface area contributed by atoms with Crippen molar-refractivity contribution < 1.29 is 4.79 Å². The summed E-state index contributed by atoms with van der Waals surface area (Å²) in [6.45, 7) is 2.72. The molecule has 1 rings (SSSR count). The van der Waals surface area contributed by atoms with Crippen LogP contribution in [0.1, 0.15) is 22.8 Å². The van der Waals surface area contributed by atoms with Crippen LogP contribution in [0.5, 0.6) is 0 Å². The number of thiocarbonyl (C=S) groups is 1. The van der Waals surface area contributed by atoms with Gasteiger partial charge in [0, 0.05) is 22.9 Å². The van der Waals surface area contributed by atoms with Crippen molar-refractivity contribution in [2.24, 2.45) is 5.73 Å². The summed E-state index contributed by atoms with van der Waals surface area (Å²) in [4.78, 5) is 12.1. The lowest BCUT2D eigenvalue weighted by Crippen LogP contribution is -2.29. The van der Waals surface area contributed by atoms with Gasteiger partial charge in [-0.1, -0.05) is 31.3 Å². The molecule has 5 heteroatoms. The first-order chi connectivity index (χ1) is 8.04. The summed E-state index contributed by atoms with van der Waals surface area (Å²) < 4.78 is 0. The zero-order chi connectivity index (χ0) is 12.8. The van der Waals surface area contributed by atoms with Gasteiger partial charge in [-0.2, -0.15) is 11.8 Å². The van der Waals surface area contributed by atoms with Crippen molar-refractivity contribution >= 4 is 34.9 Å². The van der Waals surface area contributed by atoms with Crippen molar-refractivity contribution in [1.82, 2.24) is 5.32 Å². The number of hydrogen-bond donors (Lipinski definition) is 2. The molecule has 0 aromatic heterocycles. The molecule has 0 saturated heterocycles. The molecule has 0 radical (unpaired) electrons. The van der Waals surface area contributed by atoms with Crippen LogP contribution in [0, 0.1) is 0 Å². The summed E-state index contributed by atoms with van der Waals surface area (Å²) in [7, 11) is 0. The van der Waals surface area contributed by atoms with E-state index in [-0.39, 0.29) is 5.91 Å². The number of rotatable bonds is 5. The molecule has 0 saturated carbocycles. The van der Waals surface area contributed by atoms with Crippen molar-refractivity contribution in [3.05, 3.63) is 35.4 Å². The average Bonchev–Trinajstić information content (AvgIpc) is 2.35. The van der Waals surface area contributed by atoms with Crippen molar-refractivity contribution in [2.45, 2.75) is 12.2 Å². The molecule has 0 fully saturated rings. The fraction of sp³-hybridized carbons (Fsp3) is 0.333. The van der Waals surface area contributed by atoms with Crippen LogP contribution >= 0.6 is 24.0 Å². The second-order valence-corrected chi connectivity index (χ2v) is 5.42. The van der Waals surface area contributed by atoms with E-state index in [2.05, 4.69) is 12.2 Å². The molecule has 0 aliphatic carbocycles. The number of thioether (sulfide) groups is 1. The highest BCUT2D eigenvalue weighted by molar-refractivity contribution is 7.99. The van der Waals surface area contributed by atoms with Gasteiger partial charge in [0.2, 0.25) is 0 Å². The number of hydrogen-bond acceptors (Lipinski definition) is 3. The molecule has 0 bridgehead atoms. The van der Waals surface area contributed by atoms with Crippen molar-refractivity contribution in [1.29, 1.82) is 0 Å². The number of amides is 1. The Morgan fingerprint density at radius 1 is 1.53 bits per heavy atom. The van der Waals surface area contributed by atoms with E-state index in [0.29, 0.717) is 27.9 Å². The van der Waals surface area contributed by atoms with Gasteiger partial charge in [-0.3, -0.25) is 4.79 Å². The van der Waals surface area contributed by atoms with Gasteiger partial charge in [-0.25, -0.2) is 0 Å². The molecule has 92 valence electrons. The molecule has 1 unspecified atom stereocenters. The quantitative estimate of drug-likeness (QED) is 0.800. The van der Waals surface area contributed by atoms with Crippen LogP contribution in [0.15, 0.2) is 24.3 Å². The maximum Gasteiger partial charge on any atom is 0.251 e. The zero-order valence-electron chi connectivity index (χ0n) is 9.90. The highest BCUT2D eigenvalue weighted by Crippen LogP contribution is 2.07. The Kier molecular flexibility index (Phi) is 5.44. The molecule has 3 N–H and O–H groups in total. The van der Waals surface area contributed by atoms with Crippen molar-refractivity contribution in [3.63, 3.8) is 0 Å². The van der Waals surface area contributed by atoms with Gasteiger partial charge in [0.05, 0.1) is 0 Å². The van der Waals surface area contributed by atoms with E-state index in [1.54, 1.807) is 36.0 Å². The first-order valence-electron chi connectivity index (χ1n) is 5.25. The Morgan fingerprint density at radius 2 is 2.18 bits per heavy atom. The summed E-state index contributed by atoms with van der Waals surface area (Å²) >= 11 is 6.59. The van der Waals surface area contributed by atoms with Gasteiger partial charge in [-0.15, -0.1) is 0 Å². The van der Waals surface area contributed by atoms with Gasteiger partial charge < -0.3 is 11.1 Å². The fourth-order valence-electron chi connectivity index (χ4n) is 1.24. The molecule has 3 nitrogen and oxygen atoms in total. The third kappa shape index (κ3) is 4.36. The lowest BCUT2D eigenvalue weighted by Gasteiger charge is -2.10. The second kappa shape index (κ2) is 6.61. The highest BCUT2D eigenvalue weighted by Gasteiger charge is 2.08. The minimum Gasteiger partial charge on any atom is -0.389 e. The lowest BCUT2D eigenvalue weighted by molar-refractivity contribution is 0.0954. The normalized spacial score (nSPS) is 11.9. The minimum absolute atomic E-state index is 0.0935. The molecule has 0 aliphatic heterocycles. The zero-order valence-corrected chi connectivity index (χ0v) is 11.5. The van der Waals surface area contributed by atoms with Gasteiger partial charge in [0.15, 0.2) is 0 Å². The SMILES string of the molecule is CSC(C)CNC(=O)c1cccc(C(N)=S)c1. The molecule has 1 aromatic rings. The third-order valence-corrected chi connectivity index (χ3v) is 3.57. The van der Waals surface area contributed by atoms with Crippen LogP contribution in [0.2, 0.25) is 0 Å². The molecule has 1 aromatic carbocycles. The minimum atomic E-state index is -0.0935. The Bertz CT molecular complexity index is 421. The second-order valence-electron chi connectivity index (χ2n) is 3.70. The first-order valence-corrected chi connectivity index (χ1v) is 6.95. The van der Waals surface area contributed by atoms with E-state index in [0.717, 1.165) is 0 Å². The molecule has 17 heavy (non-hydrogen) atoms. The van der Waals surface area contributed by atoms with Crippen LogP contribution in [-0.2, 0) is 0 Å². The smallest absolute Gasteiger partial charge is 0.251 e. The van der Waals surface area contributed by atoms with Crippen LogP contribution in [0.3, 0.4) is 0 Å². The lowest BCUT2D eigenvalue weighted by atomic mass is 10.1. The Labute approximate surface area is 111 Å². The van der Waals surface area contributed by atoms with Gasteiger partial charge in [-0.05, 0) is 18.4 Å². The van der Waals surface area contributed by atoms with Crippen molar-refractivity contribution in [3.8, 4) is 0 Å². The van der Waals surface area contributed by atoms with Crippen LogP contribution in [-0.4, -0.2) is 28.9 Å². The maximum absolute atomic E-state index is 11.8. The summed E-state index contributed by atoms with van der Waals surface area (Å²) in [5.74, 6) is -0.0935. The summed E-state index contributed by atoms with van der Waals surface area (Å²) in [6.07, 6.45) is 2.02. The number of nitrogens with one attached hydrogen (secondary N) is 1. The van der Waals surface area contributed by atoms with Crippen LogP contribution < -0.4 is 11.1 Å². The van der Waals surface area contributed by atoms with Crippen LogP contribution in [0.4, 0.5) is 0 Å². The summed E-state index contributed by atoms with van der Waals surface area (Å²) in [6, 6.07) is 7.04. The van der Waals surface area contributed by atoms with E-state index in [9.17, 15) is 4.79 Å². The number of carbonyl (C=O) groups is 1. The van der Waals surface area contributed by atoms with Gasteiger partial charge in [0.1, 0.15) is 4.99 Å². The number of benzene rings is 1. The topological polar surface area (TPSA) is 55.1 Å². The van der Waals surface area contributed by atoms with E-state index >= 15 is 0 Å². The largest absolute Gasteiger partial charge is 0.389 e. The molecule has 0 heterocycles. The number of carbonyl (C=O) groups excluding carboxylic acids is 1. The van der Waals surface area contributed by atoms with Gasteiger partial charge in [0.25, 0.3) is 5.91 Å². The summed E-state index contributed by atoms with van der Waals surface area (Å²) in [5.41, 5.74) is 6.82. The monoisotopic (exact) mass is 268 g/mol. The highest BCUT2D eigenvalue weighted by atomic mass is 32.2. The van der Waals surface area contributed by atoms with Crippen molar-refractivity contribution in [2.75, 3.05) is 12.8 Å². The van der Waals surface area contributed by atoms with Crippen LogP contribution in [0.25, 0.3) is 0 Å². The molecule has 1 atom stereocenters. The standard InChI is InChI=1S/C12H16N2OS2/c1-8(17-2)7-14-12(15)10-5-3-4-9(6-10)11(13)16/h3-6,8H,7H2,1-2H3,(H2,13,16)(H,14,15). The predicted molar refractivity (Wildman–Crippen MR) is 77.6 cm³/mol.